The topological polar surface area (TPSA) is 79.3 Å². The zero-order chi connectivity index (χ0) is 20.7. The summed E-state index contributed by atoms with van der Waals surface area (Å²) in [5, 5.41) is 5.73. The lowest BCUT2D eigenvalue weighted by Gasteiger charge is -2.28. The molecule has 0 aliphatic carbocycles. The summed E-state index contributed by atoms with van der Waals surface area (Å²) in [7, 11) is 0. The second kappa shape index (κ2) is 7.28. The van der Waals surface area contributed by atoms with Crippen LogP contribution in [0.5, 0.6) is 0 Å². The minimum absolute atomic E-state index is 0.104. The van der Waals surface area contributed by atoms with Crippen molar-refractivity contribution in [1.82, 2.24) is 5.01 Å². The molecule has 0 saturated carbocycles. The zero-order valence-corrected chi connectivity index (χ0v) is 16.9. The number of hydrazone groups is 1. The largest absolute Gasteiger partial charge is 0.453 e. The summed E-state index contributed by atoms with van der Waals surface area (Å²) >= 11 is 1.33. The Kier molecular flexibility index (Phi) is 4.58. The number of ether oxygens (including phenoxy) is 1. The Morgan fingerprint density at radius 2 is 1.83 bits per heavy atom. The van der Waals surface area contributed by atoms with Crippen molar-refractivity contribution in [1.29, 1.82) is 0 Å². The molecule has 1 saturated heterocycles. The number of fused-ring (bicyclic) bond motifs is 3. The van der Waals surface area contributed by atoms with Crippen LogP contribution < -0.4 is 4.90 Å². The van der Waals surface area contributed by atoms with Gasteiger partial charge in [0.05, 0.1) is 17.9 Å². The highest BCUT2D eigenvalue weighted by Crippen LogP contribution is 2.56. The number of anilines is 1. The monoisotopic (exact) mass is 421 g/mol. The van der Waals surface area contributed by atoms with Crippen molar-refractivity contribution in [3.63, 3.8) is 0 Å². The predicted octanol–water partition coefficient (Wildman–Crippen LogP) is 2.80. The van der Waals surface area contributed by atoms with Gasteiger partial charge in [0.1, 0.15) is 0 Å². The number of para-hydroxylation sites is 1. The Balaban J connectivity index is 1.27. The van der Waals surface area contributed by atoms with E-state index in [0.717, 1.165) is 21.9 Å². The molecule has 5 rings (SSSR count). The molecule has 7 nitrogen and oxygen atoms in total. The van der Waals surface area contributed by atoms with E-state index in [-0.39, 0.29) is 18.2 Å². The summed E-state index contributed by atoms with van der Waals surface area (Å²) in [5.74, 6) is -1.04. The van der Waals surface area contributed by atoms with Crippen LogP contribution in [0.25, 0.3) is 0 Å². The van der Waals surface area contributed by atoms with E-state index in [1.54, 1.807) is 0 Å². The number of carbonyl (C=O) groups is 3. The highest BCUT2D eigenvalue weighted by Gasteiger charge is 2.58. The quantitative estimate of drug-likeness (QED) is 0.710. The van der Waals surface area contributed by atoms with Gasteiger partial charge in [-0.15, -0.1) is 0 Å². The molecule has 3 aliphatic heterocycles. The Morgan fingerprint density at radius 1 is 1.07 bits per heavy atom. The molecule has 3 heterocycles. The van der Waals surface area contributed by atoms with Crippen molar-refractivity contribution in [2.24, 2.45) is 5.10 Å². The standard InChI is InChI=1S/C22H19N3O4S/c26-19-10-12-22(25(19)17-8-4-5-9-18(17)30-22)21(28)29-14-20(27)24-13-11-16(23-24)15-6-2-1-3-7-15/h1-9H,10-14H2. The van der Waals surface area contributed by atoms with Gasteiger partial charge in [-0.05, 0) is 17.7 Å². The van der Waals surface area contributed by atoms with Gasteiger partial charge >= 0.3 is 5.97 Å². The van der Waals surface area contributed by atoms with Gasteiger partial charge in [0, 0.05) is 24.2 Å². The zero-order valence-electron chi connectivity index (χ0n) is 16.1. The van der Waals surface area contributed by atoms with E-state index >= 15 is 0 Å². The molecule has 2 amide bonds. The number of rotatable bonds is 4. The summed E-state index contributed by atoms with van der Waals surface area (Å²) in [6.07, 6.45) is 1.29. The van der Waals surface area contributed by atoms with Crippen LogP contribution in [-0.2, 0) is 19.1 Å². The molecule has 0 N–H and O–H groups in total. The van der Waals surface area contributed by atoms with Gasteiger partial charge in [0.15, 0.2) is 11.5 Å². The number of hydrogen-bond acceptors (Lipinski definition) is 6. The summed E-state index contributed by atoms with van der Waals surface area (Å²) < 4.78 is 5.41. The van der Waals surface area contributed by atoms with E-state index in [2.05, 4.69) is 5.10 Å². The molecule has 1 unspecified atom stereocenters. The average Bonchev–Trinajstić information content (AvgIpc) is 3.47. The van der Waals surface area contributed by atoms with Crippen molar-refractivity contribution in [2.45, 2.75) is 29.0 Å². The molecule has 1 fully saturated rings. The lowest BCUT2D eigenvalue weighted by molar-refractivity contribution is -0.153. The molecule has 2 aromatic rings. The molecule has 1 atom stereocenters. The fourth-order valence-corrected chi connectivity index (χ4v) is 5.47. The first-order chi connectivity index (χ1) is 14.6. The van der Waals surface area contributed by atoms with E-state index < -0.39 is 17.4 Å². The third kappa shape index (κ3) is 2.99. The number of amides is 2. The smallest absolute Gasteiger partial charge is 0.344 e. The van der Waals surface area contributed by atoms with Gasteiger partial charge in [0.25, 0.3) is 5.91 Å². The Hall–Kier alpha value is -3.13. The maximum Gasteiger partial charge on any atom is 0.344 e. The van der Waals surface area contributed by atoms with Gasteiger partial charge in [-0.1, -0.05) is 54.2 Å². The van der Waals surface area contributed by atoms with E-state index in [9.17, 15) is 14.4 Å². The summed E-state index contributed by atoms with van der Waals surface area (Å²) in [5.41, 5.74) is 2.54. The summed E-state index contributed by atoms with van der Waals surface area (Å²) in [4.78, 5) is 39.3. The van der Waals surface area contributed by atoms with Crippen molar-refractivity contribution < 1.29 is 19.1 Å². The number of benzene rings is 2. The molecule has 3 aliphatic rings. The Bertz CT molecular complexity index is 1070. The van der Waals surface area contributed by atoms with Crippen molar-refractivity contribution in [2.75, 3.05) is 18.1 Å². The number of hydrogen-bond donors (Lipinski definition) is 0. The number of nitrogens with zero attached hydrogens (tertiary/aromatic N) is 3. The van der Waals surface area contributed by atoms with E-state index in [0.29, 0.717) is 19.4 Å². The first-order valence-corrected chi connectivity index (χ1v) is 10.6. The van der Waals surface area contributed by atoms with Gasteiger partial charge in [0.2, 0.25) is 5.91 Å². The van der Waals surface area contributed by atoms with Crippen LogP contribution >= 0.6 is 11.8 Å². The van der Waals surface area contributed by atoms with Crippen LogP contribution in [0.3, 0.4) is 0 Å². The summed E-state index contributed by atoms with van der Waals surface area (Å²) in [6.45, 7) is 0.0572. The fraction of sp³-hybridized carbons (Fsp3) is 0.273. The number of thioether (sulfide) groups is 1. The normalized spacial score (nSPS) is 22.0. The molecular weight excluding hydrogens is 402 g/mol. The molecule has 0 spiro atoms. The van der Waals surface area contributed by atoms with Crippen LogP contribution in [0.4, 0.5) is 5.69 Å². The van der Waals surface area contributed by atoms with Gasteiger partial charge in [-0.25, -0.2) is 9.80 Å². The van der Waals surface area contributed by atoms with Crippen LogP contribution in [0.15, 0.2) is 64.6 Å². The maximum absolute atomic E-state index is 13.0. The van der Waals surface area contributed by atoms with Crippen LogP contribution in [0, 0.1) is 0 Å². The molecule has 8 heteroatoms. The highest BCUT2D eigenvalue weighted by molar-refractivity contribution is 8.02. The lowest BCUT2D eigenvalue weighted by atomic mass is 10.1. The average molecular weight is 421 g/mol. The second-order valence-electron chi connectivity index (χ2n) is 7.34. The van der Waals surface area contributed by atoms with Gasteiger partial charge in [-0.2, -0.15) is 5.10 Å². The minimum atomic E-state index is -1.12. The third-order valence-corrected chi connectivity index (χ3v) is 6.97. The molecule has 152 valence electrons. The number of esters is 1. The summed E-state index contributed by atoms with van der Waals surface area (Å²) in [6, 6.07) is 17.1. The van der Waals surface area contributed by atoms with E-state index in [1.807, 2.05) is 54.6 Å². The molecule has 2 aromatic carbocycles. The lowest BCUT2D eigenvalue weighted by Crippen LogP contribution is -2.48. The second-order valence-corrected chi connectivity index (χ2v) is 8.66. The Morgan fingerprint density at radius 3 is 2.67 bits per heavy atom. The molecular formula is C22H19N3O4S. The SMILES string of the molecule is O=C(COC(=O)C12CCC(=O)N1c1ccccc1S2)N1CCC(c2ccccc2)=N1. The van der Waals surface area contributed by atoms with Gasteiger partial charge in [-0.3, -0.25) is 14.5 Å². The van der Waals surface area contributed by atoms with Crippen molar-refractivity contribution in [3.8, 4) is 0 Å². The third-order valence-electron chi connectivity index (χ3n) is 5.52. The van der Waals surface area contributed by atoms with Crippen molar-refractivity contribution in [3.05, 3.63) is 60.2 Å². The Labute approximate surface area is 177 Å². The van der Waals surface area contributed by atoms with Gasteiger partial charge < -0.3 is 4.74 Å². The van der Waals surface area contributed by atoms with E-state index in [4.69, 9.17) is 4.74 Å². The van der Waals surface area contributed by atoms with E-state index in [1.165, 1.54) is 21.7 Å². The number of carbonyl (C=O) groups excluding carboxylic acids is 3. The first-order valence-electron chi connectivity index (χ1n) is 9.80. The predicted molar refractivity (Wildman–Crippen MR) is 112 cm³/mol. The minimum Gasteiger partial charge on any atom is -0.453 e. The molecule has 0 bridgehead atoms. The molecule has 0 radical (unpaired) electrons. The fourth-order valence-electron chi connectivity index (χ4n) is 4.06. The van der Waals surface area contributed by atoms with Crippen LogP contribution in [0.2, 0.25) is 0 Å². The molecule has 30 heavy (non-hydrogen) atoms. The molecule has 0 aromatic heterocycles. The first kappa shape index (κ1) is 18.9. The van der Waals surface area contributed by atoms with Crippen LogP contribution in [-0.4, -0.2) is 46.5 Å². The maximum atomic E-state index is 13.0. The highest BCUT2D eigenvalue weighted by atomic mass is 32.2. The van der Waals surface area contributed by atoms with Crippen LogP contribution in [0.1, 0.15) is 24.8 Å². The van der Waals surface area contributed by atoms with Crippen molar-refractivity contribution >= 4 is 40.9 Å².